The molecule has 0 aromatic heterocycles. The smallest absolute Gasteiger partial charge is 0.123 e. The third kappa shape index (κ3) is 2.09. The topological polar surface area (TPSA) is 12.0 Å². The third-order valence-electron chi connectivity index (χ3n) is 3.97. The maximum atomic E-state index is 13.1. The van der Waals surface area contributed by atoms with E-state index in [0.717, 1.165) is 24.9 Å². The zero-order chi connectivity index (χ0) is 10.3. The second-order valence-corrected chi connectivity index (χ2v) is 4.90. The lowest BCUT2D eigenvalue weighted by Crippen LogP contribution is -2.11. The standard InChI is InChI=1S/C13H16FN.ClH/c14-13-3-1-2-9(6-13)10-4-11-7-15-8-12(11)5-10;/h1-3,6,10-12,15H,4-5,7-8H2;1H/t10-,11-,12+;. The molecule has 0 amide bonds. The lowest BCUT2D eigenvalue weighted by molar-refractivity contribution is 0.494. The number of rotatable bonds is 1. The molecular formula is C13H17ClFN. The summed E-state index contributed by atoms with van der Waals surface area (Å²) < 4.78 is 13.1. The van der Waals surface area contributed by atoms with Crippen LogP contribution in [0.2, 0.25) is 0 Å². The van der Waals surface area contributed by atoms with E-state index in [1.165, 1.54) is 24.5 Å². The molecule has 1 aromatic rings. The van der Waals surface area contributed by atoms with Crippen molar-refractivity contribution >= 4 is 12.4 Å². The van der Waals surface area contributed by atoms with Gasteiger partial charge < -0.3 is 5.32 Å². The van der Waals surface area contributed by atoms with Crippen LogP contribution < -0.4 is 5.32 Å². The fourth-order valence-electron chi connectivity index (χ4n) is 3.20. The van der Waals surface area contributed by atoms with Gasteiger partial charge in [0.25, 0.3) is 0 Å². The van der Waals surface area contributed by atoms with Crippen molar-refractivity contribution in [2.75, 3.05) is 13.1 Å². The molecule has 1 N–H and O–H groups in total. The molecule has 1 aliphatic heterocycles. The van der Waals surface area contributed by atoms with Gasteiger partial charge in [-0.2, -0.15) is 0 Å². The zero-order valence-electron chi connectivity index (χ0n) is 9.16. The number of halogens is 2. The molecular weight excluding hydrogens is 225 g/mol. The van der Waals surface area contributed by atoms with Crippen LogP contribution in [-0.2, 0) is 0 Å². The van der Waals surface area contributed by atoms with Crippen molar-refractivity contribution in [2.24, 2.45) is 11.8 Å². The Morgan fingerprint density at radius 3 is 2.44 bits per heavy atom. The van der Waals surface area contributed by atoms with Crippen LogP contribution in [0.25, 0.3) is 0 Å². The molecule has 1 aliphatic carbocycles. The van der Waals surface area contributed by atoms with Crippen LogP contribution in [0, 0.1) is 17.7 Å². The highest BCUT2D eigenvalue weighted by atomic mass is 35.5. The summed E-state index contributed by atoms with van der Waals surface area (Å²) in [7, 11) is 0. The number of fused-ring (bicyclic) bond motifs is 1. The van der Waals surface area contributed by atoms with Gasteiger partial charge in [0, 0.05) is 0 Å². The fraction of sp³-hybridized carbons (Fsp3) is 0.538. The van der Waals surface area contributed by atoms with Crippen molar-refractivity contribution < 1.29 is 4.39 Å². The predicted molar refractivity (Wildman–Crippen MR) is 65.5 cm³/mol. The second kappa shape index (κ2) is 4.72. The molecule has 1 saturated carbocycles. The van der Waals surface area contributed by atoms with Crippen molar-refractivity contribution in [1.82, 2.24) is 5.32 Å². The van der Waals surface area contributed by atoms with E-state index >= 15 is 0 Å². The summed E-state index contributed by atoms with van der Waals surface area (Å²) in [5.74, 6) is 2.16. The summed E-state index contributed by atoms with van der Waals surface area (Å²) in [5, 5.41) is 3.43. The molecule has 1 saturated heterocycles. The molecule has 2 aliphatic rings. The van der Waals surface area contributed by atoms with Gasteiger partial charge in [-0.1, -0.05) is 12.1 Å². The van der Waals surface area contributed by atoms with Crippen LogP contribution in [0.3, 0.4) is 0 Å². The SMILES string of the molecule is Cl.Fc1cccc([C@H]2C[C@H]3CNC[C@H]3C2)c1. The maximum absolute atomic E-state index is 13.1. The van der Waals surface area contributed by atoms with E-state index in [-0.39, 0.29) is 18.2 Å². The predicted octanol–water partition coefficient (Wildman–Crippen LogP) is 2.96. The first kappa shape index (κ1) is 11.9. The molecule has 3 heteroatoms. The average Bonchev–Trinajstić information content (AvgIpc) is 2.76. The molecule has 16 heavy (non-hydrogen) atoms. The largest absolute Gasteiger partial charge is 0.316 e. The average molecular weight is 242 g/mol. The number of hydrogen-bond acceptors (Lipinski definition) is 1. The number of nitrogens with one attached hydrogen (secondary N) is 1. The van der Waals surface area contributed by atoms with Crippen molar-refractivity contribution in [3.05, 3.63) is 35.6 Å². The normalized spacial score (nSPS) is 32.2. The molecule has 3 atom stereocenters. The van der Waals surface area contributed by atoms with Crippen molar-refractivity contribution in [2.45, 2.75) is 18.8 Å². The van der Waals surface area contributed by atoms with Gasteiger partial charge in [-0.25, -0.2) is 4.39 Å². The minimum Gasteiger partial charge on any atom is -0.316 e. The molecule has 2 fully saturated rings. The monoisotopic (exact) mass is 241 g/mol. The van der Waals surface area contributed by atoms with Crippen LogP contribution in [0.5, 0.6) is 0 Å². The van der Waals surface area contributed by atoms with Gasteiger partial charge >= 0.3 is 0 Å². The van der Waals surface area contributed by atoms with E-state index in [1.807, 2.05) is 6.07 Å². The lowest BCUT2D eigenvalue weighted by Gasteiger charge is -2.11. The molecule has 0 spiro atoms. The Bertz CT molecular complexity index is 357. The third-order valence-corrected chi connectivity index (χ3v) is 3.97. The van der Waals surface area contributed by atoms with Crippen LogP contribution in [0.15, 0.2) is 24.3 Å². The highest BCUT2D eigenvalue weighted by molar-refractivity contribution is 5.85. The van der Waals surface area contributed by atoms with Crippen LogP contribution in [-0.4, -0.2) is 13.1 Å². The first-order valence-electron chi connectivity index (χ1n) is 5.79. The Morgan fingerprint density at radius 1 is 1.12 bits per heavy atom. The van der Waals surface area contributed by atoms with Crippen LogP contribution in [0.1, 0.15) is 24.3 Å². The highest BCUT2D eigenvalue weighted by Gasteiger charge is 2.37. The Morgan fingerprint density at radius 2 is 1.81 bits per heavy atom. The summed E-state index contributed by atoms with van der Waals surface area (Å²) in [5.41, 5.74) is 1.20. The van der Waals surface area contributed by atoms with E-state index in [9.17, 15) is 4.39 Å². The Kier molecular flexibility index (Phi) is 3.50. The minimum absolute atomic E-state index is 0. The van der Waals surface area contributed by atoms with Crippen LogP contribution in [0.4, 0.5) is 4.39 Å². The van der Waals surface area contributed by atoms with Crippen molar-refractivity contribution in [3.63, 3.8) is 0 Å². The quantitative estimate of drug-likeness (QED) is 0.797. The Labute approximate surface area is 102 Å². The summed E-state index contributed by atoms with van der Waals surface area (Å²) in [6.07, 6.45) is 2.47. The van der Waals surface area contributed by atoms with E-state index in [0.29, 0.717) is 5.92 Å². The van der Waals surface area contributed by atoms with Gasteiger partial charge in [0.1, 0.15) is 5.82 Å². The Hall–Kier alpha value is -0.600. The number of benzene rings is 1. The molecule has 0 unspecified atom stereocenters. The molecule has 0 bridgehead atoms. The van der Waals surface area contributed by atoms with E-state index < -0.39 is 0 Å². The van der Waals surface area contributed by atoms with Gasteiger partial charge in [-0.3, -0.25) is 0 Å². The maximum Gasteiger partial charge on any atom is 0.123 e. The first-order chi connectivity index (χ1) is 7.33. The minimum atomic E-state index is -0.0947. The van der Waals surface area contributed by atoms with Crippen molar-refractivity contribution in [3.8, 4) is 0 Å². The molecule has 3 rings (SSSR count). The summed E-state index contributed by atoms with van der Waals surface area (Å²) in [6.45, 7) is 2.33. The van der Waals surface area contributed by atoms with Gasteiger partial charge in [-0.05, 0) is 61.4 Å². The molecule has 1 aromatic carbocycles. The molecule has 1 nitrogen and oxygen atoms in total. The van der Waals surface area contributed by atoms with Crippen molar-refractivity contribution in [1.29, 1.82) is 0 Å². The van der Waals surface area contributed by atoms with E-state index in [2.05, 4.69) is 11.4 Å². The van der Waals surface area contributed by atoms with E-state index in [1.54, 1.807) is 6.07 Å². The number of hydrogen-bond donors (Lipinski definition) is 1. The summed E-state index contributed by atoms with van der Waals surface area (Å²) >= 11 is 0. The zero-order valence-corrected chi connectivity index (χ0v) is 9.97. The summed E-state index contributed by atoms with van der Waals surface area (Å²) in [4.78, 5) is 0. The van der Waals surface area contributed by atoms with Gasteiger partial charge in [0.15, 0.2) is 0 Å². The molecule has 0 radical (unpaired) electrons. The van der Waals surface area contributed by atoms with E-state index in [4.69, 9.17) is 0 Å². The second-order valence-electron chi connectivity index (χ2n) is 4.90. The van der Waals surface area contributed by atoms with Crippen LogP contribution >= 0.6 is 12.4 Å². The highest BCUT2D eigenvalue weighted by Crippen LogP contribution is 2.43. The van der Waals surface area contributed by atoms with Gasteiger partial charge in [0.05, 0.1) is 0 Å². The molecule has 1 heterocycles. The lowest BCUT2D eigenvalue weighted by atomic mass is 9.96. The Balaban J connectivity index is 0.000000963. The fourth-order valence-corrected chi connectivity index (χ4v) is 3.20. The molecule has 88 valence electrons. The van der Waals surface area contributed by atoms with Gasteiger partial charge in [-0.15, -0.1) is 12.4 Å². The first-order valence-corrected chi connectivity index (χ1v) is 5.79. The summed E-state index contributed by atoms with van der Waals surface area (Å²) in [6, 6.07) is 7.14. The van der Waals surface area contributed by atoms with Gasteiger partial charge in [0.2, 0.25) is 0 Å².